The van der Waals surface area contributed by atoms with Crippen LogP contribution in [0, 0.1) is 13.8 Å². The number of carbonyl (C=O) groups is 1. The van der Waals surface area contributed by atoms with Crippen molar-refractivity contribution in [3.05, 3.63) is 77.4 Å². The minimum atomic E-state index is -4.11. The van der Waals surface area contributed by atoms with Gasteiger partial charge in [0.2, 0.25) is 5.91 Å². The molecule has 0 saturated carbocycles. The number of aryl methyl sites for hydroxylation is 2. The molecule has 0 fully saturated rings. The van der Waals surface area contributed by atoms with E-state index >= 15 is 0 Å². The first-order chi connectivity index (χ1) is 17.2. The van der Waals surface area contributed by atoms with Crippen LogP contribution in [0.3, 0.4) is 0 Å². The Labute approximate surface area is 212 Å². The highest BCUT2D eigenvalue weighted by Crippen LogP contribution is 2.31. The average molecular weight is 513 g/mol. The Balaban J connectivity index is 1.82. The Morgan fingerprint density at radius 1 is 0.833 bits per heavy atom. The Kier molecular flexibility index (Phi) is 8.82. The number of benzene rings is 3. The van der Waals surface area contributed by atoms with Gasteiger partial charge in [-0.1, -0.05) is 24.3 Å². The number of anilines is 1. The number of rotatable bonds is 11. The van der Waals surface area contributed by atoms with E-state index in [9.17, 15) is 13.2 Å². The second kappa shape index (κ2) is 11.8. The third-order valence-corrected chi connectivity index (χ3v) is 7.44. The number of methoxy groups -OCH3 is 3. The second-order valence-electron chi connectivity index (χ2n) is 8.29. The zero-order chi connectivity index (χ0) is 26.3. The highest BCUT2D eigenvalue weighted by molar-refractivity contribution is 7.93. The summed E-state index contributed by atoms with van der Waals surface area (Å²) < 4.78 is 44.6. The van der Waals surface area contributed by atoms with E-state index in [-0.39, 0.29) is 17.2 Å². The molecule has 0 bridgehead atoms. The molecule has 0 aliphatic carbocycles. The molecule has 0 spiro atoms. The van der Waals surface area contributed by atoms with Crippen molar-refractivity contribution in [2.45, 2.75) is 25.2 Å². The summed E-state index contributed by atoms with van der Waals surface area (Å²) in [4.78, 5) is 12.9. The fourth-order valence-corrected chi connectivity index (χ4v) is 5.43. The fourth-order valence-electron chi connectivity index (χ4n) is 3.77. The molecule has 0 unspecified atom stereocenters. The molecule has 0 aromatic heterocycles. The minimum absolute atomic E-state index is 0.00429. The Morgan fingerprint density at radius 3 is 2.17 bits per heavy atom. The first kappa shape index (κ1) is 26.9. The van der Waals surface area contributed by atoms with Gasteiger partial charge in [0.1, 0.15) is 17.2 Å². The summed E-state index contributed by atoms with van der Waals surface area (Å²) in [5, 5.41) is 2.83. The van der Waals surface area contributed by atoms with E-state index in [0.717, 1.165) is 21.0 Å². The molecule has 8 nitrogen and oxygen atoms in total. The predicted molar refractivity (Wildman–Crippen MR) is 140 cm³/mol. The normalized spacial score (nSPS) is 11.0. The van der Waals surface area contributed by atoms with E-state index in [4.69, 9.17) is 14.2 Å². The summed E-state index contributed by atoms with van der Waals surface area (Å²) in [6, 6.07) is 17.5. The summed E-state index contributed by atoms with van der Waals surface area (Å²) in [7, 11) is 0.440. The third kappa shape index (κ3) is 6.28. The lowest BCUT2D eigenvalue weighted by Gasteiger charge is -2.25. The largest absolute Gasteiger partial charge is 0.495 e. The number of carbonyl (C=O) groups excluding carboxylic acids is 1. The Hall–Kier alpha value is -3.72. The molecular weight excluding hydrogens is 480 g/mol. The molecule has 0 heterocycles. The Morgan fingerprint density at radius 2 is 1.50 bits per heavy atom. The molecule has 1 amide bonds. The van der Waals surface area contributed by atoms with Crippen LogP contribution in [0.1, 0.15) is 16.7 Å². The van der Waals surface area contributed by atoms with Crippen molar-refractivity contribution in [2.24, 2.45) is 0 Å². The zero-order valence-corrected chi connectivity index (χ0v) is 22.0. The minimum Gasteiger partial charge on any atom is -0.495 e. The molecule has 1 N–H and O–H groups in total. The van der Waals surface area contributed by atoms with Gasteiger partial charge in [0, 0.05) is 6.54 Å². The number of nitrogens with one attached hydrogen (secondary N) is 1. The zero-order valence-electron chi connectivity index (χ0n) is 21.2. The molecule has 9 heteroatoms. The molecule has 3 aromatic rings. The summed E-state index contributed by atoms with van der Waals surface area (Å²) in [5.74, 6) is 1.01. The van der Waals surface area contributed by atoms with E-state index < -0.39 is 15.9 Å². The van der Waals surface area contributed by atoms with E-state index in [1.807, 2.05) is 25.1 Å². The van der Waals surface area contributed by atoms with Gasteiger partial charge < -0.3 is 19.5 Å². The first-order valence-corrected chi connectivity index (χ1v) is 12.8. The maximum atomic E-state index is 13.8. The van der Waals surface area contributed by atoms with Gasteiger partial charge in [-0.3, -0.25) is 9.10 Å². The SMILES string of the molecule is COc1ccc(CCNC(=O)CN(c2cccc(C)c2)S(=O)(=O)c2cc(C)ccc2OC)cc1OC. The fraction of sp³-hybridized carbons (Fsp3) is 0.296. The average Bonchev–Trinajstić information content (AvgIpc) is 2.87. The van der Waals surface area contributed by atoms with Crippen molar-refractivity contribution >= 4 is 21.6 Å². The number of nitrogens with zero attached hydrogens (tertiary/aromatic N) is 1. The van der Waals surface area contributed by atoms with Crippen molar-refractivity contribution < 1.29 is 27.4 Å². The van der Waals surface area contributed by atoms with Gasteiger partial charge >= 0.3 is 0 Å². The lowest BCUT2D eigenvalue weighted by molar-refractivity contribution is -0.119. The van der Waals surface area contributed by atoms with Crippen LogP contribution in [0.2, 0.25) is 0 Å². The standard InChI is InChI=1S/C27H32N2O6S/c1-19-7-6-8-22(15-19)29(36(31,32)26-16-20(2)9-11-24(26)34-4)18-27(30)28-14-13-21-10-12-23(33-3)25(17-21)35-5/h6-12,15-17H,13-14,18H2,1-5H3,(H,28,30). The number of ether oxygens (including phenoxy) is 3. The van der Waals surface area contributed by atoms with E-state index in [1.54, 1.807) is 63.6 Å². The quantitative estimate of drug-likeness (QED) is 0.419. The molecule has 0 aliphatic heterocycles. The monoisotopic (exact) mass is 512 g/mol. The maximum absolute atomic E-state index is 13.8. The highest BCUT2D eigenvalue weighted by atomic mass is 32.2. The summed E-state index contributed by atoms with van der Waals surface area (Å²) in [6.45, 7) is 3.61. The molecule has 36 heavy (non-hydrogen) atoms. The topological polar surface area (TPSA) is 94.2 Å². The molecule has 0 aliphatic rings. The van der Waals surface area contributed by atoms with Gasteiger partial charge in [0.15, 0.2) is 11.5 Å². The summed E-state index contributed by atoms with van der Waals surface area (Å²) >= 11 is 0. The molecule has 0 radical (unpaired) electrons. The van der Waals surface area contributed by atoms with E-state index in [1.165, 1.54) is 7.11 Å². The van der Waals surface area contributed by atoms with Crippen LogP contribution in [0.4, 0.5) is 5.69 Å². The van der Waals surface area contributed by atoms with Crippen LogP contribution in [0.5, 0.6) is 17.2 Å². The van der Waals surface area contributed by atoms with Crippen LogP contribution >= 0.6 is 0 Å². The van der Waals surface area contributed by atoms with Gasteiger partial charge in [-0.25, -0.2) is 8.42 Å². The van der Waals surface area contributed by atoms with Crippen molar-refractivity contribution in [3.8, 4) is 17.2 Å². The van der Waals surface area contributed by atoms with Crippen LogP contribution in [-0.4, -0.2) is 48.7 Å². The van der Waals surface area contributed by atoms with Crippen molar-refractivity contribution in [1.29, 1.82) is 0 Å². The van der Waals surface area contributed by atoms with Crippen molar-refractivity contribution in [2.75, 3.05) is 38.7 Å². The summed E-state index contributed by atoms with van der Waals surface area (Å²) in [5.41, 5.74) is 2.98. The molecule has 192 valence electrons. The molecule has 0 saturated heterocycles. The molecule has 3 rings (SSSR count). The van der Waals surface area contributed by atoms with Gasteiger partial charge in [0.05, 0.1) is 27.0 Å². The number of hydrogen-bond acceptors (Lipinski definition) is 6. The van der Waals surface area contributed by atoms with Crippen LogP contribution in [0.15, 0.2) is 65.6 Å². The van der Waals surface area contributed by atoms with Gasteiger partial charge in [0.25, 0.3) is 10.0 Å². The molecule has 0 atom stereocenters. The van der Waals surface area contributed by atoms with Gasteiger partial charge in [-0.05, 0) is 73.4 Å². The molecular formula is C27H32N2O6S. The van der Waals surface area contributed by atoms with Crippen LogP contribution in [-0.2, 0) is 21.2 Å². The summed E-state index contributed by atoms with van der Waals surface area (Å²) in [6.07, 6.45) is 0.537. The van der Waals surface area contributed by atoms with Crippen LogP contribution < -0.4 is 23.8 Å². The van der Waals surface area contributed by atoms with E-state index in [0.29, 0.717) is 30.2 Å². The van der Waals surface area contributed by atoms with Gasteiger partial charge in [-0.2, -0.15) is 0 Å². The second-order valence-corrected chi connectivity index (χ2v) is 10.1. The lowest BCUT2D eigenvalue weighted by Crippen LogP contribution is -2.41. The number of hydrogen-bond donors (Lipinski definition) is 1. The third-order valence-electron chi connectivity index (χ3n) is 5.65. The van der Waals surface area contributed by atoms with Crippen molar-refractivity contribution in [1.82, 2.24) is 5.32 Å². The Bertz CT molecular complexity index is 1320. The van der Waals surface area contributed by atoms with Crippen LogP contribution in [0.25, 0.3) is 0 Å². The molecule has 3 aromatic carbocycles. The number of sulfonamides is 1. The predicted octanol–water partition coefficient (Wildman–Crippen LogP) is 3.88. The first-order valence-electron chi connectivity index (χ1n) is 11.4. The smallest absolute Gasteiger partial charge is 0.268 e. The maximum Gasteiger partial charge on any atom is 0.268 e. The lowest BCUT2D eigenvalue weighted by atomic mass is 10.1. The van der Waals surface area contributed by atoms with E-state index in [2.05, 4.69) is 5.32 Å². The highest BCUT2D eigenvalue weighted by Gasteiger charge is 2.30. The van der Waals surface area contributed by atoms with Gasteiger partial charge in [-0.15, -0.1) is 0 Å². The van der Waals surface area contributed by atoms with Crippen molar-refractivity contribution in [3.63, 3.8) is 0 Å². The number of amides is 1.